The van der Waals surface area contributed by atoms with E-state index >= 15 is 0 Å². The molecule has 2 N–H and O–H groups in total. The molecule has 8 heteroatoms. The lowest BCUT2D eigenvalue weighted by molar-refractivity contribution is -0.136. The first kappa shape index (κ1) is 17.9. The van der Waals surface area contributed by atoms with Crippen molar-refractivity contribution in [1.82, 2.24) is 4.57 Å². The van der Waals surface area contributed by atoms with Gasteiger partial charge in [-0.3, -0.25) is 14.2 Å². The molecule has 2 heterocycles. The Kier molecular flexibility index (Phi) is 4.69. The van der Waals surface area contributed by atoms with Gasteiger partial charge in [0.2, 0.25) is 0 Å². The molecule has 0 unspecified atom stereocenters. The third-order valence-electron chi connectivity index (χ3n) is 4.04. The van der Waals surface area contributed by atoms with Gasteiger partial charge < -0.3 is 14.9 Å². The van der Waals surface area contributed by atoms with E-state index in [1.807, 2.05) is 6.92 Å². The van der Waals surface area contributed by atoms with E-state index < -0.39 is 23.4 Å². The number of aromatic hydroxyl groups is 1. The Bertz CT molecular complexity index is 1020. The average Bonchev–Trinajstić information content (AvgIpc) is 3.13. The van der Waals surface area contributed by atoms with Crippen LogP contribution < -0.4 is 4.74 Å². The van der Waals surface area contributed by atoms with Crippen molar-refractivity contribution in [2.45, 2.75) is 20.3 Å². The summed E-state index contributed by atoms with van der Waals surface area (Å²) in [4.78, 5) is 24.2. The normalized spacial score (nSPS) is 11.0. The van der Waals surface area contributed by atoms with Crippen LogP contribution in [0.1, 0.15) is 28.5 Å². The number of carbonyl (C=O) groups excluding carboxylic acids is 1. The molecule has 2 aromatic heterocycles. The van der Waals surface area contributed by atoms with Gasteiger partial charge in [0.25, 0.3) is 5.91 Å². The maximum Gasteiger partial charge on any atom is 0.307 e. The highest BCUT2D eigenvalue weighted by molar-refractivity contribution is 7.12. The van der Waals surface area contributed by atoms with Crippen molar-refractivity contribution < 1.29 is 28.9 Å². The van der Waals surface area contributed by atoms with Crippen molar-refractivity contribution in [3.8, 4) is 10.8 Å². The molecule has 0 aliphatic carbocycles. The molecule has 0 spiro atoms. The van der Waals surface area contributed by atoms with Gasteiger partial charge >= 0.3 is 5.97 Å². The summed E-state index contributed by atoms with van der Waals surface area (Å²) in [6.45, 7) is 3.89. The number of aromatic nitrogens is 1. The molecule has 0 saturated carbocycles. The third kappa shape index (κ3) is 3.03. The fraction of sp³-hybridized carbons (Fsp3) is 0.222. The number of carboxylic acids is 1. The number of hydrogen-bond acceptors (Lipinski definition) is 5. The zero-order valence-corrected chi connectivity index (χ0v) is 14.9. The average molecular weight is 377 g/mol. The number of carbonyl (C=O) groups is 2. The molecule has 0 saturated heterocycles. The van der Waals surface area contributed by atoms with Gasteiger partial charge in [-0.15, -0.1) is 11.3 Å². The van der Waals surface area contributed by atoms with Crippen LogP contribution in [0.3, 0.4) is 0 Å². The van der Waals surface area contributed by atoms with Gasteiger partial charge in [0.05, 0.1) is 24.1 Å². The predicted molar refractivity (Wildman–Crippen MR) is 94.9 cm³/mol. The molecular weight excluding hydrogens is 361 g/mol. The second-order valence-electron chi connectivity index (χ2n) is 5.68. The van der Waals surface area contributed by atoms with E-state index in [-0.39, 0.29) is 11.9 Å². The van der Waals surface area contributed by atoms with Crippen LogP contribution in [0, 0.1) is 12.7 Å². The molecule has 0 bridgehead atoms. The number of halogens is 1. The number of phenols is 1. The van der Waals surface area contributed by atoms with Crippen LogP contribution >= 0.6 is 11.3 Å². The Labute approximate surface area is 152 Å². The Balaban J connectivity index is 2.20. The number of benzene rings is 1. The van der Waals surface area contributed by atoms with Crippen molar-refractivity contribution in [2.75, 3.05) is 6.61 Å². The second kappa shape index (κ2) is 6.80. The summed E-state index contributed by atoms with van der Waals surface area (Å²) in [5, 5.41) is 21.4. The Morgan fingerprint density at radius 3 is 2.69 bits per heavy atom. The lowest BCUT2D eigenvalue weighted by Gasteiger charge is -2.06. The predicted octanol–water partition coefficient (Wildman–Crippen LogP) is 3.57. The van der Waals surface area contributed by atoms with Crippen LogP contribution in [-0.4, -0.2) is 33.3 Å². The van der Waals surface area contributed by atoms with E-state index in [1.165, 1.54) is 15.9 Å². The Hall–Kier alpha value is -2.87. The maximum absolute atomic E-state index is 13.9. The standard InChI is InChI=1S/C18H16FNO5S/c1-3-25-17-4-10(8-26-17)18(24)20-9(2)11(6-16(22)23)12-5-15(21)13(19)7-14(12)20/h4-5,7-8,21H,3,6H2,1-2H3,(H,22,23). The fourth-order valence-electron chi connectivity index (χ4n) is 2.90. The van der Waals surface area contributed by atoms with Gasteiger partial charge in [-0.1, -0.05) is 0 Å². The number of phenolic OH excluding ortho intramolecular Hbond substituents is 1. The smallest absolute Gasteiger partial charge is 0.307 e. The third-order valence-corrected chi connectivity index (χ3v) is 4.88. The van der Waals surface area contributed by atoms with E-state index in [2.05, 4.69) is 0 Å². The number of fused-ring (bicyclic) bond motifs is 1. The molecule has 3 aromatic rings. The lowest BCUT2D eigenvalue weighted by atomic mass is 10.1. The van der Waals surface area contributed by atoms with Crippen LogP contribution in [0.2, 0.25) is 0 Å². The molecule has 1 aromatic carbocycles. The first-order valence-corrected chi connectivity index (χ1v) is 8.71. The van der Waals surface area contributed by atoms with Gasteiger partial charge in [-0.25, -0.2) is 4.39 Å². The topological polar surface area (TPSA) is 88.8 Å². The summed E-state index contributed by atoms with van der Waals surface area (Å²) < 4.78 is 20.5. The number of thiophene rings is 1. The summed E-state index contributed by atoms with van der Waals surface area (Å²) in [5.41, 5.74) is 1.31. The van der Waals surface area contributed by atoms with Gasteiger partial charge in [0.15, 0.2) is 16.6 Å². The number of hydrogen-bond donors (Lipinski definition) is 2. The van der Waals surface area contributed by atoms with E-state index in [4.69, 9.17) is 9.84 Å². The highest BCUT2D eigenvalue weighted by atomic mass is 32.1. The molecule has 3 rings (SSSR count). The zero-order chi connectivity index (χ0) is 19.0. The van der Waals surface area contributed by atoms with Crippen LogP contribution in [0.4, 0.5) is 4.39 Å². The molecule has 0 fully saturated rings. The first-order chi connectivity index (χ1) is 12.3. The van der Waals surface area contributed by atoms with Gasteiger partial charge in [-0.05, 0) is 25.5 Å². The monoisotopic (exact) mass is 377 g/mol. The minimum Gasteiger partial charge on any atom is -0.505 e. The summed E-state index contributed by atoms with van der Waals surface area (Å²) >= 11 is 1.27. The van der Waals surface area contributed by atoms with E-state index in [1.54, 1.807) is 18.4 Å². The van der Waals surface area contributed by atoms with Crippen LogP contribution in [0.25, 0.3) is 10.9 Å². The highest BCUT2D eigenvalue weighted by Gasteiger charge is 2.23. The van der Waals surface area contributed by atoms with Crippen molar-refractivity contribution in [3.63, 3.8) is 0 Å². The Morgan fingerprint density at radius 2 is 2.04 bits per heavy atom. The molecule has 0 radical (unpaired) electrons. The van der Waals surface area contributed by atoms with E-state index in [9.17, 15) is 19.1 Å². The molecule has 6 nitrogen and oxygen atoms in total. The van der Waals surface area contributed by atoms with Crippen molar-refractivity contribution in [1.29, 1.82) is 0 Å². The van der Waals surface area contributed by atoms with E-state index in [0.29, 0.717) is 33.9 Å². The minimum absolute atomic E-state index is 0.211. The number of carboxylic acid groups (broad SMARTS) is 1. The molecule has 26 heavy (non-hydrogen) atoms. The van der Waals surface area contributed by atoms with E-state index in [0.717, 1.165) is 12.1 Å². The number of ether oxygens (including phenoxy) is 1. The SMILES string of the molecule is CCOc1cc(C(=O)n2c(C)c(CC(=O)O)c3cc(O)c(F)cc32)cs1. The lowest BCUT2D eigenvalue weighted by Crippen LogP contribution is -2.13. The summed E-state index contributed by atoms with van der Waals surface area (Å²) in [6.07, 6.45) is -0.346. The summed E-state index contributed by atoms with van der Waals surface area (Å²) in [7, 11) is 0. The van der Waals surface area contributed by atoms with Crippen LogP contribution in [0.5, 0.6) is 10.8 Å². The highest BCUT2D eigenvalue weighted by Crippen LogP contribution is 2.33. The fourth-order valence-corrected chi connectivity index (χ4v) is 3.69. The quantitative estimate of drug-likeness (QED) is 0.710. The molecule has 136 valence electrons. The molecular formula is C18H16FNO5S. The number of aliphatic carboxylic acids is 1. The minimum atomic E-state index is -1.09. The largest absolute Gasteiger partial charge is 0.505 e. The van der Waals surface area contributed by atoms with Crippen LogP contribution in [0.15, 0.2) is 23.6 Å². The number of rotatable bonds is 5. The van der Waals surface area contributed by atoms with Crippen molar-refractivity contribution in [2.24, 2.45) is 0 Å². The molecule has 0 aliphatic rings. The molecule has 0 amide bonds. The van der Waals surface area contributed by atoms with Gasteiger partial charge in [0.1, 0.15) is 0 Å². The maximum atomic E-state index is 13.9. The van der Waals surface area contributed by atoms with Crippen molar-refractivity contribution >= 4 is 34.1 Å². The summed E-state index contributed by atoms with van der Waals surface area (Å²) in [5.74, 6) is -2.98. The molecule has 0 atom stereocenters. The second-order valence-corrected chi connectivity index (χ2v) is 6.56. The number of nitrogens with zero attached hydrogens (tertiary/aromatic N) is 1. The first-order valence-electron chi connectivity index (χ1n) is 7.83. The van der Waals surface area contributed by atoms with Gasteiger partial charge in [0, 0.05) is 28.6 Å². The Morgan fingerprint density at radius 1 is 1.31 bits per heavy atom. The van der Waals surface area contributed by atoms with Crippen molar-refractivity contribution in [3.05, 3.63) is 46.2 Å². The van der Waals surface area contributed by atoms with Crippen LogP contribution in [-0.2, 0) is 11.2 Å². The summed E-state index contributed by atoms with van der Waals surface area (Å²) in [6, 6.07) is 3.78. The zero-order valence-electron chi connectivity index (χ0n) is 14.1. The van der Waals surface area contributed by atoms with Gasteiger partial charge in [-0.2, -0.15) is 0 Å². The molecule has 0 aliphatic heterocycles.